The van der Waals surface area contributed by atoms with Crippen molar-refractivity contribution in [2.75, 3.05) is 0 Å². The molecule has 0 saturated carbocycles. The van der Waals surface area contributed by atoms with Crippen LogP contribution >= 0.6 is 38.9 Å². The second kappa shape index (κ2) is 6.30. The summed E-state index contributed by atoms with van der Waals surface area (Å²) in [4.78, 5) is 10.6. The van der Waals surface area contributed by atoms with Crippen LogP contribution in [0.1, 0.15) is 17.4 Å². The molecule has 0 aliphatic heterocycles. The van der Waals surface area contributed by atoms with Gasteiger partial charge >= 0.3 is 0 Å². The Morgan fingerprint density at radius 3 is 2.71 bits per heavy atom. The Labute approximate surface area is 140 Å². The standard InChI is InChI=1S/C15H12BrClN2OS/c1-2-11-7-12-13(18-15(17)19-14(12)21-11)20-8-9-3-5-10(16)6-4-9/h3-7H,2,8H2,1H3. The van der Waals surface area contributed by atoms with Crippen molar-refractivity contribution in [3.63, 3.8) is 0 Å². The van der Waals surface area contributed by atoms with Gasteiger partial charge in [0.25, 0.3) is 0 Å². The SMILES string of the molecule is CCc1cc2c(OCc3ccc(Br)cc3)nc(Cl)nc2s1. The van der Waals surface area contributed by atoms with Gasteiger partial charge in [0.2, 0.25) is 11.2 Å². The largest absolute Gasteiger partial charge is 0.472 e. The molecular weight excluding hydrogens is 372 g/mol. The quantitative estimate of drug-likeness (QED) is 0.577. The van der Waals surface area contributed by atoms with E-state index in [4.69, 9.17) is 16.3 Å². The van der Waals surface area contributed by atoms with Crippen LogP contribution in [0.4, 0.5) is 0 Å². The van der Waals surface area contributed by atoms with E-state index in [9.17, 15) is 0 Å². The number of nitrogens with zero attached hydrogens (tertiary/aromatic N) is 2. The fourth-order valence-corrected chi connectivity index (χ4v) is 3.37. The number of halogens is 2. The van der Waals surface area contributed by atoms with Crippen molar-refractivity contribution in [1.82, 2.24) is 9.97 Å². The van der Waals surface area contributed by atoms with Gasteiger partial charge in [-0.3, -0.25) is 0 Å². The first kappa shape index (κ1) is 14.8. The van der Waals surface area contributed by atoms with E-state index in [1.807, 2.05) is 24.3 Å². The van der Waals surface area contributed by atoms with Gasteiger partial charge in [-0.05, 0) is 41.8 Å². The van der Waals surface area contributed by atoms with Crippen LogP contribution in [-0.2, 0) is 13.0 Å². The van der Waals surface area contributed by atoms with Gasteiger partial charge in [0.05, 0.1) is 5.39 Å². The first-order chi connectivity index (χ1) is 10.2. The molecule has 3 nitrogen and oxygen atoms in total. The predicted molar refractivity (Wildman–Crippen MR) is 90.3 cm³/mol. The second-order valence-electron chi connectivity index (χ2n) is 4.50. The average molecular weight is 384 g/mol. The van der Waals surface area contributed by atoms with Crippen LogP contribution in [0.5, 0.6) is 5.88 Å². The van der Waals surface area contributed by atoms with E-state index in [0.29, 0.717) is 12.5 Å². The summed E-state index contributed by atoms with van der Waals surface area (Å²) in [6.45, 7) is 2.56. The summed E-state index contributed by atoms with van der Waals surface area (Å²) in [5.41, 5.74) is 1.08. The van der Waals surface area contributed by atoms with Crippen molar-refractivity contribution in [1.29, 1.82) is 0 Å². The molecule has 0 radical (unpaired) electrons. The molecule has 21 heavy (non-hydrogen) atoms. The first-order valence-corrected chi connectivity index (χ1v) is 8.47. The zero-order valence-corrected chi connectivity index (χ0v) is 14.4. The third-order valence-electron chi connectivity index (χ3n) is 3.02. The highest BCUT2D eigenvalue weighted by molar-refractivity contribution is 9.10. The Balaban J connectivity index is 1.88. The Bertz CT molecular complexity index is 773. The van der Waals surface area contributed by atoms with Crippen molar-refractivity contribution in [2.45, 2.75) is 20.0 Å². The molecule has 0 amide bonds. The van der Waals surface area contributed by atoms with Gasteiger partial charge in [0, 0.05) is 9.35 Å². The average Bonchev–Trinajstić information content (AvgIpc) is 2.89. The van der Waals surface area contributed by atoms with E-state index in [0.717, 1.165) is 26.7 Å². The lowest BCUT2D eigenvalue weighted by molar-refractivity contribution is 0.298. The number of thiophene rings is 1. The summed E-state index contributed by atoms with van der Waals surface area (Å²) in [6, 6.07) is 10.1. The summed E-state index contributed by atoms with van der Waals surface area (Å²) < 4.78 is 6.89. The van der Waals surface area contributed by atoms with Crippen LogP contribution in [0.2, 0.25) is 5.28 Å². The van der Waals surface area contributed by atoms with Gasteiger partial charge in [-0.1, -0.05) is 35.0 Å². The smallest absolute Gasteiger partial charge is 0.227 e. The molecule has 3 rings (SSSR count). The molecule has 0 spiro atoms. The number of aryl methyl sites for hydroxylation is 1. The zero-order valence-electron chi connectivity index (χ0n) is 11.3. The summed E-state index contributed by atoms with van der Waals surface area (Å²) >= 11 is 11.0. The molecule has 3 aromatic rings. The topological polar surface area (TPSA) is 35.0 Å². The van der Waals surface area contributed by atoms with E-state index in [1.54, 1.807) is 11.3 Å². The fourth-order valence-electron chi connectivity index (χ4n) is 1.94. The lowest BCUT2D eigenvalue weighted by Crippen LogP contribution is -1.98. The van der Waals surface area contributed by atoms with Crippen molar-refractivity contribution in [3.8, 4) is 5.88 Å². The maximum absolute atomic E-state index is 5.98. The maximum Gasteiger partial charge on any atom is 0.227 e. The van der Waals surface area contributed by atoms with Gasteiger partial charge < -0.3 is 4.74 Å². The monoisotopic (exact) mass is 382 g/mol. The van der Waals surface area contributed by atoms with Gasteiger partial charge in [0.1, 0.15) is 11.4 Å². The van der Waals surface area contributed by atoms with Gasteiger partial charge in [-0.15, -0.1) is 11.3 Å². The normalized spacial score (nSPS) is 11.0. The number of benzene rings is 1. The van der Waals surface area contributed by atoms with E-state index in [-0.39, 0.29) is 5.28 Å². The van der Waals surface area contributed by atoms with E-state index >= 15 is 0 Å². The fraction of sp³-hybridized carbons (Fsp3) is 0.200. The first-order valence-electron chi connectivity index (χ1n) is 6.49. The predicted octanol–water partition coefficient (Wildman–Crippen LogP) is 5.25. The number of aromatic nitrogens is 2. The molecule has 0 unspecified atom stereocenters. The molecule has 0 fully saturated rings. The van der Waals surface area contributed by atoms with Crippen molar-refractivity contribution in [3.05, 3.63) is 50.5 Å². The van der Waals surface area contributed by atoms with Gasteiger partial charge in [0.15, 0.2) is 0 Å². The third-order valence-corrected chi connectivity index (χ3v) is 4.89. The molecule has 0 atom stereocenters. The van der Waals surface area contributed by atoms with E-state index in [1.165, 1.54) is 4.88 Å². The van der Waals surface area contributed by atoms with Crippen molar-refractivity contribution < 1.29 is 4.74 Å². The minimum Gasteiger partial charge on any atom is -0.472 e. The lowest BCUT2D eigenvalue weighted by Gasteiger charge is -2.06. The molecule has 2 aromatic heterocycles. The molecule has 2 heterocycles. The number of fused-ring (bicyclic) bond motifs is 1. The highest BCUT2D eigenvalue weighted by Crippen LogP contribution is 2.32. The second-order valence-corrected chi connectivity index (χ2v) is 6.87. The Hall–Kier alpha value is -1.17. The molecule has 0 aliphatic carbocycles. The van der Waals surface area contributed by atoms with Crippen LogP contribution in [-0.4, -0.2) is 9.97 Å². The molecule has 108 valence electrons. The third kappa shape index (κ3) is 3.36. The molecular formula is C15H12BrClN2OS. The Morgan fingerprint density at radius 2 is 2.00 bits per heavy atom. The number of hydrogen-bond donors (Lipinski definition) is 0. The highest BCUT2D eigenvalue weighted by Gasteiger charge is 2.12. The van der Waals surface area contributed by atoms with E-state index < -0.39 is 0 Å². The van der Waals surface area contributed by atoms with Crippen LogP contribution < -0.4 is 4.74 Å². The molecule has 1 aromatic carbocycles. The summed E-state index contributed by atoms with van der Waals surface area (Å²) in [5.74, 6) is 0.545. The van der Waals surface area contributed by atoms with Crippen LogP contribution in [0.15, 0.2) is 34.8 Å². The molecule has 0 saturated heterocycles. The van der Waals surface area contributed by atoms with Gasteiger partial charge in [-0.25, -0.2) is 4.98 Å². The van der Waals surface area contributed by atoms with Crippen LogP contribution in [0.25, 0.3) is 10.2 Å². The molecule has 6 heteroatoms. The summed E-state index contributed by atoms with van der Waals surface area (Å²) in [5, 5.41) is 1.15. The summed E-state index contributed by atoms with van der Waals surface area (Å²) in [6.07, 6.45) is 0.963. The number of ether oxygens (including phenoxy) is 1. The number of hydrogen-bond acceptors (Lipinski definition) is 4. The minimum atomic E-state index is 0.220. The zero-order chi connectivity index (χ0) is 14.8. The van der Waals surface area contributed by atoms with Crippen LogP contribution in [0, 0.1) is 0 Å². The minimum absolute atomic E-state index is 0.220. The Morgan fingerprint density at radius 1 is 1.24 bits per heavy atom. The molecule has 0 bridgehead atoms. The molecule has 0 aliphatic rings. The number of rotatable bonds is 4. The van der Waals surface area contributed by atoms with Crippen molar-refractivity contribution >= 4 is 49.1 Å². The Kier molecular flexibility index (Phi) is 4.42. The van der Waals surface area contributed by atoms with Crippen LogP contribution in [0.3, 0.4) is 0 Å². The molecule has 0 N–H and O–H groups in total. The summed E-state index contributed by atoms with van der Waals surface area (Å²) in [7, 11) is 0. The lowest BCUT2D eigenvalue weighted by atomic mass is 10.2. The maximum atomic E-state index is 5.98. The van der Waals surface area contributed by atoms with Gasteiger partial charge in [-0.2, -0.15) is 4.98 Å². The van der Waals surface area contributed by atoms with E-state index in [2.05, 4.69) is 38.9 Å². The van der Waals surface area contributed by atoms with Crippen molar-refractivity contribution in [2.24, 2.45) is 0 Å². The highest BCUT2D eigenvalue weighted by atomic mass is 79.9.